The monoisotopic (exact) mass is 302 g/mol. The first-order valence-electron chi connectivity index (χ1n) is 6.81. The number of rotatable bonds is 6. The lowest BCUT2D eigenvalue weighted by atomic mass is 10.1. The van der Waals surface area contributed by atoms with Gasteiger partial charge in [0.25, 0.3) is 0 Å². The molecule has 1 heterocycles. The number of esters is 1. The molecule has 2 aromatic rings. The average Bonchev–Trinajstić information content (AvgIpc) is 2.46. The maximum absolute atomic E-state index is 11.8. The summed E-state index contributed by atoms with van der Waals surface area (Å²) in [5, 5.41) is 8.13. The predicted octanol–water partition coefficient (Wildman–Crippen LogP) is 2.62. The molecule has 5 heteroatoms. The minimum Gasteiger partial charge on any atom is -0.461 e. The van der Waals surface area contributed by atoms with Crippen molar-refractivity contribution in [3.05, 3.63) is 59.4 Å². The molecule has 1 aromatic heterocycles. The molecule has 4 nitrogen and oxygen atoms in total. The van der Waals surface area contributed by atoms with Gasteiger partial charge in [-0.05, 0) is 23.6 Å². The van der Waals surface area contributed by atoms with Gasteiger partial charge in [-0.2, -0.15) is 22.8 Å². The quantitative estimate of drug-likeness (QED) is 0.658. The molecule has 0 radical (unpaired) electrons. The molecule has 0 aliphatic carbocycles. The van der Waals surface area contributed by atoms with E-state index in [0.717, 1.165) is 17.5 Å². The smallest absolute Gasteiger partial charge is 0.312 e. The third-order valence-electron chi connectivity index (χ3n) is 2.86. The number of ether oxygens (including phenoxy) is 1. The second kappa shape index (κ2) is 7.78. The van der Waals surface area contributed by atoms with E-state index in [1.165, 1.54) is 0 Å². The van der Waals surface area contributed by atoms with Gasteiger partial charge in [0.2, 0.25) is 0 Å². The van der Waals surface area contributed by atoms with Gasteiger partial charge < -0.3 is 4.74 Å². The SMILES string of the molecule is CC(S)Cc1cnnc(CC(=O)OCc2ccccc2)c1. The highest BCUT2D eigenvalue weighted by molar-refractivity contribution is 7.80. The number of benzene rings is 1. The van der Waals surface area contributed by atoms with Crippen molar-refractivity contribution in [1.82, 2.24) is 10.2 Å². The van der Waals surface area contributed by atoms with Crippen molar-refractivity contribution in [3.8, 4) is 0 Å². The Morgan fingerprint density at radius 1 is 1.29 bits per heavy atom. The zero-order valence-corrected chi connectivity index (χ0v) is 12.8. The average molecular weight is 302 g/mol. The van der Waals surface area contributed by atoms with Crippen LogP contribution in [-0.2, 0) is 29.0 Å². The summed E-state index contributed by atoms with van der Waals surface area (Å²) in [4.78, 5) is 11.8. The Bertz CT molecular complexity index is 588. The van der Waals surface area contributed by atoms with Gasteiger partial charge in [-0.1, -0.05) is 37.3 Å². The van der Waals surface area contributed by atoms with Crippen molar-refractivity contribution in [2.45, 2.75) is 31.6 Å². The van der Waals surface area contributed by atoms with Crippen molar-refractivity contribution in [2.75, 3.05) is 0 Å². The van der Waals surface area contributed by atoms with E-state index in [1.807, 2.05) is 43.3 Å². The van der Waals surface area contributed by atoms with E-state index in [1.54, 1.807) is 6.20 Å². The van der Waals surface area contributed by atoms with Crippen molar-refractivity contribution in [1.29, 1.82) is 0 Å². The van der Waals surface area contributed by atoms with Crippen LogP contribution in [0.5, 0.6) is 0 Å². The summed E-state index contributed by atoms with van der Waals surface area (Å²) in [6.07, 6.45) is 2.63. The minimum absolute atomic E-state index is 0.134. The Kier molecular flexibility index (Phi) is 5.75. The molecule has 21 heavy (non-hydrogen) atoms. The summed E-state index contributed by atoms with van der Waals surface area (Å²) < 4.78 is 5.23. The van der Waals surface area contributed by atoms with Crippen LogP contribution in [0.15, 0.2) is 42.6 Å². The summed E-state index contributed by atoms with van der Waals surface area (Å²) in [6.45, 7) is 2.29. The molecular weight excluding hydrogens is 284 g/mol. The number of carbonyl (C=O) groups excluding carboxylic acids is 1. The van der Waals surface area contributed by atoms with E-state index < -0.39 is 0 Å². The zero-order chi connectivity index (χ0) is 15.1. The van der Waals surface area contributed by atoms with Crippen LogP contribution in [0.25, 0.3) is 0 Å². The largest absolute Gasteiger partial charge is 0.461 e. The third kappa shape index (κ3) is 5.55. The molecule has 0 aliphatic heterocycles. The number of aromatic nitrogens is 2. The number of carbonyl (C=O) groups is 1. The fourth-order valence-corrected chi connectivity index (χ4v) is 2.14. The highest BCUT2D eigenvalue weighted by atomic mass is 32.1. The molecule has 2 rings (SSSR count). The molecule has 0 amide bonds. The zero-order valence-electron chi connectivity index (χ0n) is 11.9. The number of hydrogen-bond donors (Lipinski definition) is 1. The van der Waals surface area contributed by atoms with Crippen molar-refractivity contribution >= 4 is 18.6 Å². The lowest BCUT2D eigenvalue weighted by Crippen LogP contribution is -2.10. The first-order chi connectivity index (χ1) is 10.1. The molecule has 0 aliphatic rings. The summed E-state index contributed by atoms with van der Waals surface area (Å²) in [7, 11) is 0. The Balaban J connectivity index is 1.87. The van der Waals surface area contributed by atoms with Crippen LogP contribution >= 0.6 is 12.6 Å². The molecule has 0 saturated heterocycles. The van der Waals surface area contributed by atoms with Crippen LogP contribution in [0.1, 0.15) is 23.7 Å². The van der Waals surface area contributed by atoms with Crippen LogP contribution in [-0.4, -0.2) is 21.4 Å². The summed E-state index contributed by atoms with van der Waals surface area (Å²) in [6, 6.07) is 11.5. The lowest BCUT2D eigenvalue weighted by Gasteiger charge is -2.06. The second-order valence-corrected chi connectivity index (χ2v) is 5.81. The van der Waals surface area contributed by atoms with Gasteiger partial charge in [0.05, 0.1) is 18.3 Å². The first kappa shape index (κ1) is 15.5. The van der Waals surface area contributed by atoms with E-state index in [-0.39, 0.29) is 24.2 Å². The Morgan fingerprint density at radius 2 is 2.05 bits per heavy atom. The summed E-state index contributed by atoms with van der Waals surface area (Å²) in [5.74, 6) is -0.302. The highest BCUT2D eigenvalue weighted by Gasteiger charge is 2.08. The topological polar surface area (TPSA) is 52.1 Å². The van der Waals surface area contributed by atoms with Crippen LogP contribution in [0.3, 0.4) is 0 Å². The summed E-state index contributed by atoms with van der Waals surface area (Å²) >= 11 is 4.35. The predicted molar refractivity (Wildman–Crippen MR) is 84.1 cm³/mol. The molecular formula is C16H18N2O2S. The highest BCUT2D eigenvalue weighted by Crippen LogP contribution is 2.08. The van der Waals surface area contributed by atoms with Gasteiger partial charge in [0, 0.05) is 5.25 Å². The van der Waals surface area contributed by atoms with Crippen LogP contribution in [0, 0.1) is 0 Å². The molecule has 1 atom stereocenters. The number of thiol groups is 1. The van der Waals surface area contributed by atoms with Gasteiger partial charge >= 0.3 is 5.97 Å². The van der Waals surface area contributed by atoms with E-state index >= 15 is 0 Å². The van der Waals surface area contributed by atoms with Crippen LogP contribution < -0.4 is 0 Å². The molecule has 110 valence electrons. The molecule has 1 aromatic carbocycles. The van der Waals surface area contributed by atoms with Crippen molar-refractivity contribution < 1.29 is 9.53 Å². The maximum atomic E-state index is 11.8. The van der Waals surface area contributed by atoms with E-state index in [9.17, 15) is 4.79 Å². The third-order valence-corrected chi connectivity index (χ3v) is 3.04. The second-order valence-electron chi connectivity index (χ2n) is 4.93. The Labute approximate surface area is 130 Å². The fourth-order valence-electron chi connectivity index (χ4n) is 1.93. The normalized spacial score (nSPS) is 11.9. The van der Waals surface area contributed by atoms with Crippen LogP contribution in [0.4, 0.5) is 0 Å². The van der Waals surface area contributed by atoms with Gasteiger partial charge in [-0.3, -0.25) is 4.79 Å². The maximum Gasteiger partial charge on any atom is 0.312 e. The van der Waals surface area contributed by atoms with Gasteiger partial charge in [0.15, 0.2) is 0 Å². The van der Waals surface area contributed by atoms with Gasteiger partial charge in [0.1, 0.15) is 6.61 Å². The molecule has 0 N–H and O–H groups in total. The standard InChI is InChI=1S/C16H18N2O2S/c1-12(21)7-14-8-15(18-17-10-14)9-16(19)20-11-13-5-3-2-4-6-13/h2-6,8,10,12,21H,7,9,11H2,1H3. The Morgan fingerprint density at radius 3 is 2.76 bits per heavy atom. The van der Waals surface area contributed by atoms with Crippen molar-refractivity contribution in [2.24, 2.45) is 0 Å². The fraction of sp³-hybridized carbons (Fsp3) is 0.312. The van der Waals surface area contributed by atoms with Crippen LogP contribution in [0.2, 0.25) is 0 Å². The van der Waals surface area contributed by atoms with E-state index in [4.69, 9.17) is 4.74 Å². The van der Waals surface area contributed by atoms with Crippen molar-refractivity contribution in [3.63, 3.8) is 0 Å². The van der Waals surface area contributed by atoms with E-state index in [0.29, 0.717) is 5.69 Å². The molecule has 1 unspecified atom stereocenters. The van der Waals surface area contributed by atoms with Gasteiger partial charge in [-0.15, -0.1) is 0 Å². The molecule has 0 spiro atoms. The molecule has 0 saturated carbocycles. The van der Waals surface area contributed by atoms with Gasteiger partial charge in [-0.25, -0.2) is 0 Å². The first-order valence-corrected chi connectivity index (χ1v) is 7.33. The number of nitrogens with zero attached hydrogens (tertiary/aromatic N) is 2. The minimum atomic E-state index is -0.302. The van der Waals surface area contributed by atoms with E-state index in [2.05, 4.69) is 22.8 Å². The lowest BCUT2D eigenvalue weighted by molar-refractivity contribution is -0.144. The Hall–Kier alpha value is -1.88. The molecule has 0 fully saturated rings. The summed E-state index contributed by atoms with van der Waals surface area (Å²) in [5.41, 5.74) is 2.62. The molecule has 0 bridgehead atoms. The number of hydrogen-bond acceptors (Lipinski definition) is 5.